The molecule has 0 spiro atoms. The van der Waals surface area contributed by atoms with Crippen molar-refractivity contribution in [3.05, 3.63) is 54.9 Å². The minimum absolute atomic E-state index is 0.239. The topological polar surface area (TPSA) is 55.1 Å². The zero-order valence-electron chi connectivity index (χ0n) is 9.88. The lowest BCUT2D eigenvalue weighted by Crippen LogP contribution is -2.13. The van der Waals surface area contributed by atoms with Gasteiger partial charge in [0.15, 0.2) is 0 Å². The molecule has 0 aromatic heterocycles. The average Bonchev–Trinajstić information content (AvgIpc) is 2.39. The first-order valence-electron chi connectivity index (χ1n) is 5.40. The lowest BCUT2D eigenvalue weighted by atomic mass is 10.2. The van der Waals surface area contributed by atoms with Crippen LogP contribution < -0.4 is 11.1 Å². The summed E-state index contributed by atoms with van der Waals surface area (Å²) in [5, 5.41) is 3.26. The van der Waals surface area contributed by atoms with Crippen molar-refractivity contribution in [2.45, 2.75) is 0 Å². The molecule has 0 heterocycles. The maximum absolute atomic E-state index is 12.2. The quantitative estimate of drug-likeness (QED) is 0.621. The molecule has 0 aliphatic rings. The Hall–Kier alpha value is -0.750. The molecule has 2 aromatic rings. The Balaban J connectivity index is 2.34. The normalized spacial score (nSPS) is 10.4. The van der Waals surface area contributed by atoms with Crippen molar-refractivity contribution in [2.24, 2.45) is 0 Å². The van der Waals surface area contributed by atoms with Crippen molar-refractivity contribution < 1.29 is 4.79 Å². The molecule has 1 amide bonds. The third kappa shape index (κ3) is 3.28. The highest BCUT2D eigenvalue weighted by Gasteiger charge is 2.14. The van der Waals surface area contributed by atoms with Crippen LogP contribution in [0, 0.1) is 0 Å². The summed E-state index contributed by atoms with van der Waals surface area (Å²) in [7, 11) is 0. The Morgan fingerprint density at radius 2 is 1.75 bits per heavy atom. The van der Waals surface area contributed by atoms with E-state index in [0.29, 0.717) is 11.3 Å². The molecule has 2 rings (SSSR count). The van der Waals surface area contributed by atoms with Gasteiger partial charge in [-0.1, -0.05) is 29.3 Å². The van der Waals surface area contributed by atoms with Crippen LogP contribution in [0.15, 0.2) is 39.3 Å². The number of benzene rings is 2. The lowest BCUT2D eigenvalue weighted by molar-refractivity contribution is 0.102. The van der Waals surface area contributed by atoms with Crippen LogP contribution in [0.3, 0.4) is 0 Å². The van der Waals surface area contributed by atoms with Gasteiger partial charge in [-0.3, -0.25) is 4.79 Å². The summed E-state index contributed by atoms with van der Waals surface area (Å²) in [5.74, 6) is -0.331. The summed E-state index contributed by atoms with van der Waals surface area (Å²) >= 11 is 18.5. The summed E-state index contributed by atoms with van der Waals surface area (Å²) in [4.78, 5) is 12.2. The molecule has 0 fully saturated rings. The Kier molecular flexibility index (Phi) is 4.96. The highest BCUT2D eigenvalue weighted by Crippen LogP contribution is 2.32. The van der Waals surface area contributed by atoms with Gasteiger partial charge in [0, 0.05) is 14.5 Å². The highest BCUT2D eigenvalue weighted by atomic mass is 79.9. The van der Waals surface area contributed by atoms with Gasteiger partial charge >= 0.3 is 0 Å². The van der Waals surface area contributed by atoms with E-state index in [4.69, 9.17) is 28.9 Å². The molecule has 0 atom stereocenters. The van der Waals surface area contributed by atoms with E-state index in [-0.39, 0.29) is 21.6 Å². The van der Waals surface area contributed by atoms with Gasteiger partial charge in [0.2, 0.25) is 0 Å². The van der Waals surface area contributed by atoms with Crippen molar-refractivity contribution in [1.82, 2.24) is 0 Å². The average molecular weight is 439 g/mol. The fraction of sp³-hybridized carbons (Fsp3) is 0. The van der Waals surface area contributed by atoms with Crippen molar-refractivity contribution in [3.63, 3.8) is 0 Å². The maximum Gasteiger partial charge on any atom is 0.255 e. The number of nitrogen functional groups attached to an aromatic ring is 1. The van der Waals surface area contributed by atoms with Crippen LogP contribution >= 0.6 is 55.1 Å². The van der Waals surface area contributed by atoms with Gasteiger partial charge in [0.05, 0.1) is 21.4 Å². The van der Waals surface area contributed by atoms with Gasteiger partial charge in [-0.25, -0.2) is 0 Å². The SMILES string of the molecule is Nc1cc(C(=O)Nc2c(Br)cccc2Br)cc(Cl)c1Cl. The second kappa shape index (κ2) is 6.35. The molecule has 7 heteroatoms. The molecule has 0 unspecified atom stereocenters. The summed E-state index contributed by atoms with van der Waals surface area (Å²) in [5.41, 5.74) is 6.92. The van der Waals surface area contributed by atoms with Gasteiger partial charge in [-0.15, -0.1) is 0 Å². The summed E-state index contributed by atoms with van der Waals surface area (Å²) in [6, 6.07) is 8.45. The van der Waals surface area contributed by atoms with Crippen LogP contribution in [0.1, 0.15) is 10.4 Å². The van der Waals surface area contributed by atoms with Gasteiger partial charge in [0.25, 0.3) is 5.91 Å². The number of nitrogens with two attached hydrogens (primary N) is 1. The van der Waals surface area contributed by atoms with Crippen molar-refractivity contribution in [3.8, 4) is 0 Å². The largest absolute Gasteiger partial charge is 0.397 e. The smallest absolute Gasteiger partial charge is 0.255 e. The Morgan fingerprint density at radius 3 is 2.30 bits per heavy atom. The van der Waals surface area contributed by atoms with Gasteiger partial charge in [-0.2, -0.15) is 0 Å². The van der Waals surface area contributed by atoms with E-state index in [1.165, 1.54) is 12.1 Å². The van der Waals surface area contributed by atoms with Crippen molar-refractivity contribution in [2.75, 3.05) is 11.1 Å². The first kappa shape index (κ1) is 15.6. The third-order valence-electron chi connectivity index (χ3n) is 2.52. The fourth-order valence-electron chi connectivity index (χ4n) is 1.54. The summed E-state index contributed by atoms with van der Waals surface area (Å²) in [6.45, 7) is 0. The fourth-order valence-corrected chi connectivity index (χ4v) is 3.08. The van der Waals surface area contributed by atoms with Crippen LogP contribution in [0.25, 0.3) is 0 Å². The summed E-state index contributed by atoms with van der Waals surface area (Å²) < 4.78 is 1.52. The first-order valence-corrected chi connectivity index (χ1v) is 7.74. The number of anilines is 2. The molecule has 0 bridgehead atoms. The predicted molar refractivity (Wildman–Crippen MR) is 90.7 cm³/mol. The minimum atomic E-state index is -0.331. The van der Waals surface area contributed by atoms with E-state index in [1.807, 2.05) is 18.2 Å². The number of halogens is 4. The molecule has 0 aliphatic carbocycles. The van der Waals surface area contributed by atoms with E-state index in [0.717, 1.165) is 8.95 Å². The highest BCUT2D eigenvalue weighted by molar-refractivity contribution is 9.11. The second-order valence-corrected chi connectivity index (χ2v) is 6.41. The number of rotatable bonds is 2. The number of carbonyl (C=O) groups excluding carboxylic acids is 1. The number of nitrogens with one attached hydrogen (secondary N) is 1. The molecule has 104 valence electrons. The number of hydrogen-bond acceptors (Lipinski definition) is 2. The Bertz CT molecular complexity index is 649. The van der Waals surface area contributed by atoms with Crippen LogP contribution in [-0.2, 0) is 0 Å². The van der Waals surface area contributed by atoms with Crippen LogP contribution in [-0.4, -0.2) is 5.91 Å². The van der Waals surface area contributed by atoms with E-state index >= 15 is 0 Å². The number of carbonyl (C=O) groups is 1. The van der Waals surface area contributed by atoms with E-state index < -0.39 is 0 Å². The molecular formula is C13H8Br2Cl2N2O. The number of amides is 1. The third-order valence-corrected chi connectivity index (χ3v) is 4.66. The number of hydrogen-bond donors (Lipinski definition) is 2. The van der Waals surface area contributed by atoms with E-state index in [9.17, 15) is 4.79 Å². The molecule has 3 nitrogen and oxygen atoms in total. The minimum Gasteiger partial charge on any atom is -0.397 e. The van der Waals surface area contributed by atoms with Crippen molar-refractivity contribution >= 4 is 72.3 Å². The zero-order chi connectivity index (χ0) is 14.9. The van der Waals surface area contributed by atoms with Gasteiger partial charge < -0.3 is 11.1 Å². The van der Waals surface area contributed by atoms with Gasteiger partial charge in [-0.05, 0) is 56.1 Å². The molecule has 0 saturated heterocycles. The first-order chi connectivity index (χ1) is 9.40. The molecule has 0 aliphatic heterocycles. The van der Waals surface area contributed by atoms with Gasteiger partial charge in [0.1, 0.15) is 0 Å². The monoisotopic (exact) mass is 436 g/mol. The molecule has 2 aromatic carbocycles. The second-order valence-electron chi connectivity index (χ2n) is 3.91. The zero-order valence-corrected chi connectivity index (χ0v) is 14.6. The Morgan fingerprint density at radius 1 is 1.15 bits per heavy atom. The summed E-state index contributed by atoms with van der Waals surface area (Å²) in [6.07, 6.45) is 0. The molecule has 0 radical (unpaired) electrons. The molecule has 0 saturated carbocycles. The van der Waals surface area contributed by atoms with Crippen molar-refractivity contribution in [1.29, 1.82) is 0 Å². The molecular weight excluding hydrogens is 431 g/mol. The standard InChI is InChI=1S/C13H8Br2Cl2N2O/c14-7-2-1-3-8(15)12(7)19-13(20)6-4-9(16)11(17)10(18)5-6/h1-5H,18H2,(H,19,20). The van der Waals surface area contributed by atoms with Crippen LogP contribution in [0.5, 0.6) is 0 Å². The van der Waals surface area contributed by atoms with E-state index in [2.05, 4.69) is 37.2 Å². The molecule has 3 N–H and O–H groups in total. The van der Waals surface area contributed by atoms with E-state index in [1.54, 1.807) is 0 Å². The predicted octanol–water partition coefficient (Wildman–Crippen LogP) is 5.35. The van der Waals surface area contributed by atoms with Crippen LogP contribution in [0.2, 0.25) is 10.0 Å². The van der Waals surface area contributed by atoms with Crippen LogP contribution in [0.4, 0.5) is 11.4 Å². The maximum atomic E-state index is 12.2. The lowest BCUT2D eigenvalue weighted by Gasteiger charge is -2.11. The number of para-hydroxylation sites is 1. The molecule has 20 heavy (non-hydrogen) atoms. The Labute approximate surface area is 142 Å².